The molecule has 0 saturated carbocycles. The second-order valence-electron chi connectivity index (χ2n) is 4.92. The molecular formula is C16H20N2O6. The van der Waals surface area contributed by atoms with Crippen LogP contribution in [0.3, 0.4) is 0 Å². The first-order chi connectivity index (χ1) is 11.5. The third kappa shape index (κ3) is 6.47. The maximum Gasteiger partial charge on any atom is 0.407 e. The number of alkyl carbamates (subject to hydrolysis) is 1. The monoisotopic (exact) mass is 336 g/mol. The Morgan fingerprint density at radius 2 is 1.92 bits per heavy atom. The number of aliphatic hydroxyl groups is 1. The summed E-state index contributed by atoms with van der Waals surface area (Å²) in [5.74, 6) is -1.57. The molecule has 1 aromatic rings. The molecule has 0 radical (unpaired) electrons. The molecule has 0 aliphatic heterocycles. The van der Waals surface area contributed by atoms with Crippen LogP contribution in [-0.4, -0.2) is 29.8 Å². The van der Waals surface area contributed by atoms with Gasteiger partial charge < -0.3 is 19.9 Å². The molecule has 1 atom stereocenters. The first kappa shape index (κ1) is 19.1. The topological polar surface area (TPSA) is 114 Å². The maximum atomic E-state index is 11.7. The average Bonchev–Trinajstić information content (AvgIpc) is 2.54. The molecule has 8 nitrogen and oxygen atoms in total. The van der Waals surface area contributed by atoms with E-state index in [0.29, 0.717) is 0 Å². The van der Waals surface area contributed by atoms with E-state index in [1.165, 1.54) is 0 Å². The molecule has 0 bridgehead atoms. The van der Waals surface area contributed by atoms with Gasteiger partial charge in [-0.05, 0) is 24.6 Å². The van der Waals surface area contributed by atoms with E-state index in [-0.39, 0.29) is 19.6 Å². The summed E-state index contributed by atoms with van der Waals surface area (Å²) < 4.78 is 9.63. The van der Waals surface area contributed by atoms with Gasteiger partial charge in [0, 0.05) is 12.5 Å². The third-order valence-corrected chi connectivity index (χ3v) is 2.91. The molecule has 0 fully saturated rings. The Kier molecular flexibility index (Phi) is 7.97. The molecule has 0 aliphatic rings. The molecule has 8 heteroatoms. The lowest BCUT2D eigenvalue weighted by Crippen LogP contribution is -2.33. The number of hydrogen-bond donors (Lipinski definition) is 2. The van der Waals surface area contributed by atoms with Gasteiger partial charge in [0.2, 0.25) is 5.70 Å². The van der Waals surface area contributed by atoms with Gasteiger partial charge in [-0.1, -0.05) is 30.3 Å². The van der Waals surface area contributed by atoms with Gasteiger partial charge in [0.25, 0.3) is 0 Å². The number of esters is 1. The molecule has 0 spiro atoms. The van der Waals surface area contributed by atoms with Gasteiger partial charge in [0.15, 0.2) is 0 Å². The molecule has 0 heterocycles. The van der Waals surface area contributed by atoms with E-state index in [4.69, 9.17) is 4.74 Å². The van der Waals surface area contributed by atoms with Crippen molar-refractivity contribution in [3.05, 3.63) is 52.3 Å². The molecular weight excluding hydrogens is 316 g/mol. The molecule has 1 aromatic carbocycles. The fourth-order valence-electron chi connectivity index (χ4n) is 1.81. The summed E-state index contributed by atoms with van der Waals surface area (Å²) in [6, 6.07) is 8.54. The summed E-state index contributed by atoms with van der Waals surface area (Å²) in [6.07, 6.45) is -0.851. The minimum Gasteiger partial charge on any atom is -0.510 e. The summed E-state index contributed by atoms with van der Waals surface area (Å²) in [5, 5.41) is 14.7. The van der Waals surface area contributed by atoms with Crippen LogP contribution in [0, 0.1) is 4.91 Å². The minimum absolute atomic E-state index is 0.0464. The van der Waals surface area contributed by atoms with Crippen molar-refractivity contribution in [1.29, 1.82) is 0 Å². The van der Waals surface area contributed by atoms with Crippen molar-refractivity contribution in [2.45, 2.75) is 32.9 Å². The van der Waals surface area contributed by atoms with Gasteiger partial charge in [-0.25, -0.2) is 9.59 Å². The number of ether oxygens (including phenoxy) is 2. The molecule has 0 aliphatic carbocycles. The molecule has 1 rings (SSSR count). The van der Waals surface area contributed by atoms with Gasteiger partial charge in [-0.3, -0.25) is 0 Å². The quantitative estimate of drug-likeness (QED) is 0.326. The summed E-state index contributed by atoms with van der Waals surface area (Å²) >= 11 is 0. The number of carbonyl (C=O) groups excluding carboxylic acids is 2. The van der Waals surface area contributed by atoms with Crippen molar-refractivity contribution in [2.75, 3.05) is 6.61 Å². The lowest BCUT2D eigenvalue weighted by Gasteiger charge is -2.14. The van der Waals surface area contributed by atoms with Crippen molar-refractivity contribution >= 4 is 12.1 Å². The Balaban J connectivity index is 2.51. The zero-order valence-corrected chi connectivity index (χ0v) is 13.5. The van der Waals surface area contributed by atoms with E-state index in [0.717, 1.165) is 5.56 Å². The van der Waals surface area contributed by atoms with Crippen LogP contribution < -0.4 is 5.32 Å². The van der Waals surface area contributed by atoms with E-state index in [9.17, 15) is 19.6 Å². The average molecular weight is 336 g/mol. The van der Waals surface area contributed by atoms with Crippen molar-refractivity contribution < 1.29 is 24.2 Å². The van der Waals surface area contributed by atoms with Crippen LogP contribution in [-0.2, 0) is 20.9 Å². The lowest BCUT2D eigenvalue weighted by atomic mass is 10.2. The SMILES string of the molecule is CCOC(=O)C(N=O)=C(O)C[C@H](C)NC(=O)OCc1ccccc1. The summed E-state index contributed by atoms with van der Waals surface area (Å²) in [7, 11) is 0. The molecule has 2 N–H and O–H groups in total. The predicted octanol–water partition coefficient (Wildman–Crippen LogP) is 2.79. The molecule has 0 unspecified atom stereocenters. The first-order valence-corrected chi connectivity index (χ1v) is 7.37. The van der Waals surface area contributed by atoms with Crippen molar-refractivity contribution in [3.8, 4) is 0 Å². The van der Waals surface area contributed by atoms with Crippen LogP contribution in [0.4, 0.5) is 4.79 Å². The fraction of sp³-hybridized carbons (Fsp3) is 0.375. The molecule has 24 heavy (non-hydrogen) atoms. The van der Waals surface area contributed by atoms with Crippen LogP contribution in [0.5, 0.6) is 0 Å². The number of nitrogens with zero attached hydrogens (tertiary/aromatic N) is 1. The predicted molar refractivity (Wildman–Crippen MR) is 85.9 cm³/mol. The van der Waals surface area contributed by atoms with Crippen molar-refractivity contribution in [1.82, 2.24) is 5.32 Å². The van der Waals surface area contributed by atoms with E-state index in [1.54, 1.807) is 13.8 Å². The number of rotatable bonds is 8. The lowest BCUT2D eigenvalue weighted by molar-refractivity contribution is -0.138. The Morgan fingerprint density at radius 1 is 1.25 bits per heavy atom. The number of nitrogens with one attached hydrogen (secondary N) is 1. The van der Waals surface area contributed by atoms with Gasteiger partial charge in [0.1, 0.15) is 12.4 Å². The standard InChI is InChI=1S/C16H20N2O6/c1-3-23-15(20)14(18-22)13(19)9-11(2)17-16(21)24-10-12-7-5-4-6-8-12/h4-8,11,19H,3,9-10H2,1-2H3,(H,17,21)/t11-/m0/s1. The number of nitroso groups, excluding NO2 is 1. The number of carbonyl (C=O) groups is 2. The Labute approximate surface area is 139 Å². The third-order valence-electron chi connectivity index (χ3n) is 2.91. The highest BCUT2D eigenvalue weighted by Gasteiger charge is 2.20. The normalized spacial score (nSPS) is 12.6. The largest absolute Gasteiger partial charge is 0.510 e. The zero-order valence-electron chi connectivity index (χ0n) is 13.5. The molecule has 1 amide bonds. The van der Waals surface area contributed by atoms with Gasteiger partial charge >= 0.3 is 12.1 Å². The van der Waals surface area contributed by atoms with E-state index >= 15 is 0 Å². The number of aliphatic hydroxyl groups excluding tert-OH is 1. The highest BCUT2D eigenvalue weighted by Crippen LogP contribution is 2.12. The minimum atomic E-state index is -1.01. The van der Waals surface area contributed by atoms with E-state index in [2.05, 4.69) is 15.2 Å². The van der Waals surface area contributed by atoms with Crippen LogP contribution in [0.1, 0.15) is 25.8 Å². The summed E-state index contributed by atoms with van der Waals surface area (Å²) in [5.41, 5.74) is 0.126. The second-order valence-corrected chi connectivity index (χ2v) is 4.92. The van der Waals surface area contributed by atoms with Crippen LogP contribution in [0.15, 0.2) is 47.0 Å². The Hall–Kier alpha value is -2.90. The van der Waals surface area contributed by atoms with Gasteiger partial charge in [0.05, 0.1) is 6.61 Å². The highest BCUT2D eigenvalue weighted by atomic mass is 16.5. The number of benzene rings is 1. The van der Waals surface area contributed by atoms with Gasteiger partial charge in [-0.15, -0.1) is 4.91 Å². The zero-order chi connectivity index (χ0) is 17.9. The number of amides is 1. The van der Waals surface area contributed by atoms with Crippen LogP contribution in [0.25, 0.3) is 0 Å². The van der Waals surface area contributed by atoms with Crippen LogP contribution >= 0.6 is 0 Å². The molecule has 0 aromatic heterocycles. The highest BCUT2D eigenvalue weighted by molar-refractivity contribution is 5.88. The fourth-order valence-corrected chi connectivity index (χ4v) is 1.81. The van der Waals surface area contributed by atoms with E-state index < -0.39 is 29.6 Å². The van der Waals surface area contributed by atoms with Crippen molar-refractivity contribution in [3.63, 3.8) is 0 Å². The molecule has 0 saturated heterocycles. The maximum absolute atomic E-state index is 11.7. The Bertz CT molecular complexity index is 600. The second kappa shape index (κ2) is 9.98. The molecule has 130 valence electrons. The summed E-state index contributed by atoms with van der Waals surface area (Å²) in [4.78, 5) is 33.8. The van der Waals surface area contributed by atoms with E-state index in [1.807, 2.05) is 30.3 Å². The Morgan fingerprint density at radius 3 is 2.50 bits per heavy atom. The van der Waals surface area contributed by atoms with Crippen LogP contribution in [0.2, 0.25) is 0 Å². The number of hydrogen-bond acceptors (Lipinski definition) is 7. The van der Waals surface area contributed by atoms with Gasteiger partial charge in [-0.2, -0.15) is 0 Å². The summed E-state index contributed by atoms with van der Waals surface area (Å²) in [6.45, 7) is 3.29. The smallest absolute Gasteiger partial charge is 0.407 e. The first-order valence-electron chi connectivity index (χ1n) is 7.37. The van der Waals surface area contributed by atoms with Crippen molar-refractivity contribution in [2.24, 2.45) is 5.18 Å².